The van der Waals surface area contributed by atoms with Crippen LogP contribution in [0.1, 0.15) is 58.8 Å². The van der Waals surface area contributed by atoms with E-state index in [-0.39, 0.29) is 11.6 Å². The molecule has 43 heavy (non-hydrogen) atoms. The molecule has 0 heterocycles. The number of Topliss-reactive ketones (excluding diaryl/α,β-unsaturated/α-hetero) is 1. The predicted molar refractivity (Wildman–Crippen MR) is 181 cm³/mol. The van der Waals surface area contributed by atoms with Gasteiger partial charge in [0.2, 0.25) is 0 Å². The number of carbonyl (C=O) groups excluding carboxylic acids is 2. The maximum atomic E-state index is 14.7. The molecule has 0 saturated heterocycles. The number of benzene rings is 3. The minimum atomic E-state index is -3.14. The third-order valence-electron chi connectivity index (χ3n) is 9.01. The highest BCUT2D eigenvalue weighted by Crippen LogP contribution is 2.42. The molecule has 0 saturated carbocycles. The van der Waals surface area contributed by atoms with E-state index in [0.29, 0.717) is 10.8 Å². The minimum absolute atomic E-state index is 0.123. The zero-order valence-corrected chi connectivity index (χ0v) is 29.2. The molecule has 0 aromatic heterocycles. The van der Waals surface area contributed by atoms with Crippen molar-refractivity contribution in [2.24, 2.45) is 0 Å². The molecule has 1 N–H and O–H groups in total. The second kappa shape index (κ2) is 12.9. The van der Waals surface area contributed by atoms with E-state index in [9.17, 15) is 14.7 Å². The topological polar surface area (TPSA) is 72.8 Å². The number of esters is 1. The smallest absolute Gasteiger partial charge is 0.338 e. The Hall–Kier alpha value is -3.11. The summed E-state index contributed by atoms with van der Waals surface area (Å²) in [4.78, 5) is 28.0. The molecule has 0 aliphatic rings. The van der Waals surface area contributed by atoms with Gasteiger partial charge < -0.3 is 14.3 Å². The summed E-state index contributed by atoms with van der Waals surface area (Å²) in [5.41, 5.74) is -1.79. The summed E-state index contributed by atoms with van der Waals surface area (Å²) < 4.78 is 12.4. The normalized spacial score (nSPS) is 14.8. The Balaban J connectivity index is 2.15. The number of carbonyl (C=O) groups is 2. The monoisotopic (exact) mass is 616 g/mol. The first kappa shape index (κ1) is 34.4. The summed E-state index contributed by atoms with van der Waals surface area (Å²) in [5, 5.41) is 14.0. The number of aliphatic hydroxyl groups is 1. The van der Waals surface area contributed by atoms with Gasteiger partial charge >= 0.3 is 5.97 Å². The largest absolute Gasteiger partial charge is 0.453 e. The lowest BCUT2D eigenvalue weighted by Crippen LogP contribution is -2.69. The maximum absolute atomic E-state index is 14.7. The van der Waals surface area contributed by atoms with Crippen molar-refractivity contribution in [2.45, 2.75) is 83.3 Å². The summed E-state index contributed by atoms with van der Waals surface area (Å²) in [5.74, 6) is -1.18. The molecule has 7 heteroatoms. The molecule has 0 spiro atoms. The van der Waals surface area contributed by atoms with Crippen LogP contribution in [0.3, 0.4) is 0 Å². The van der Waals surface area contributed by atoms with Crippen LogP contribution in [0.25, 0.3) is 0 Å². The molecule has 3 rings (SSSR count). The van der Waals surface area contributed by atoms with Gasteiger partial charge in [0.05, 0.1) is 12.2 Å². The highest BCUT2D eigenvalue weighted by atomic mass is 28.4. The summed E-state index contributed by atoms with van der Waals surface area (Å²) >= 11 is 0. The van der Waals surface area contributed by atoms with Gasteiger partial charge in [-0.25, -0.2) is 4.79 Å². The highest BCUT2D eigenvalue weighted by molar-refractivity contribution is 7.11. The Bertz CT molecular complexity index is 1360. The SMILES string of the molecule is C=C(C(=O)[C@@](C)(O)[C@@H](CO[Si](C)(C)C(C)(C)C)OC(=O)c1ccccc1)[Si](c1ccccc1)(c1ccccc1)C(C)(C)C. The van der Waals surface area contributed by atoms with E-state index in [0.717, 1.165) is 10.4 Å². The second-order valence-corrected chi connectivity index (χ2v) is 23.6. The molecule has 3 aromatic carbocycles. The van der Waals surface area contributed by atoms with Crippen LogP contribution in [0.5, 0.6) is 0 Å². The number of hydrogen-bond donors (Lipinski definition) is 1. The van der Waals surface area contributed by atoms with Gasteiger partial charge in [-0.3, -0.25) is 4.79 Å². The van der Waals surface area contributed by atoms with Crippen molar-refractivity contribution in [2.75, 3.05) is 6.61 Å². The fourth-order valence-corrected chi connectivity index (χ4v) is 12.1. The van der Waals surface area contributed by atoms with Gasteiger partial charge in [-0.1, -0.05) is 127 Å². The van der Waals surface area contributed by atoms with Crippen LogP contribution >= 0.6 is 0 Å². The first-order valence-electron chi connectivity index (χ1n) is 14.8. The molecule has 0 fully saturated rings. The van der Waals surface area contributed by atoms with Crippen molar-refractivity contribution in [3.8, 4) is 0 Å². The van der Waals surface area contributed by atoms with Gasteiger partial charge in [0, 0.05) is 0 Å². The molecule has 2 atom stereocenters. The molecule has 0 radical (unpaired) electrons. The number of ketones is 1. The Morgan fingerprint density at radius 2 is 1.16 bits per heavy atom. The standard InChI is InChI=1S/C36H48O5Si2/c1-27(43(35(5,6)7,29-22-16-12-17-23-29)30-24-18-13-19-25-30)32(37)36(8,39)31(26-40-42(9,10)34(2,3)4)41-33(38)28-20-14-11-15-21-28/h11-25,31,39H,1,26H2,2-10H3/t31-,36+/m1/s1. The van der Waals surface area contributed by atoms with E-state index < -0.39 is 44.9 Å². The number of rotatable bonds is 11. The third-order valence-corrected chi connectivity index (χ3v) is 19.3. The first-order chi connectivity index (χ1) is 19.9. The average molecular weight is 617 g/mol. The molecule has 3 aromatic rings. The van der Waals surface area contributed by atoms with E-state index in [1.807, 2.05) is 66.7 Å². The fourth-order valence-electron chi connectivity index (χ4n) is 5.42. The predicted octanol–water partition coefficient (Wildman–Crippen LogP) is 6.71. The zero-order chi connectivity index (χ0) is 32.3. The molecule has 5 nitrogen and oxygen atoms in total. The van der Waals surface area contributed by atoms with Crippen molar-refractivity contribution >= 4 is 38.5 Å². The Morgan fingerprint density at radius 1 is 0.744 bits per heavy atom. The van der Waals surface area contributed by atoms with Crippen LogP contribution in [0.4, 0.5) is 0 Å². The lowest BCUT2D eigenvalue weighted by atomic mass is 9.93. The Morgan fingerprint density at radius 3 is 1.56 bits per heavy atom. The van der Waals surface area contributed by atoms with Crippen LogP contribution in [0, 0.1) is 0 Å². The molecule has 0 aliphatic carbocycles. The van der Waals surface area contributed by atoms with E-state index in [4.69, 9.17) is 9.16 Å². The van der Waals surface area contributed by atoms with Crippen LogP contribution in [-0.4, -0.2) is 51.6 Å². The molecule has 230 valence electrons. The molecule has 0 unspecified atom stereocenters. The van der Waals surface area contributed by atoms with Crippen molar-refractivity contribution in [1.29, 1.82) is 0 Å². The van der Waals surface area contributed by atoms with Gasteiger partial charge in [0.15, 0.2) is 33.9 Å². The van der Waals surface area contributed by atoms with E-state index in [1.54, 1.807) is 24.3 Å². The van der Waals surface area contributed by atoms with Crippen LogP contribution < -0.4 is 10.4 Å². The molecule has 0 aliphatic heterocycles. The Kier molecular flexibility index (Phi) is 10.3. The van der Waals surface area contributed by atoms with Crippen molar-refractivity contribution in [1.82, 2.24) is 0 Å². The van der Waals surface area contributed by atoms with Crippen molar-refractivity contribution < 1.29 is 23.9 Å². The second-order valence-electron chi connectivity index (χ2n) is 14.0. The number of hydrogen-bond acceptors (Lipinski definition) is 5. The van der Waals surface area contributed by atoms with Gasteiger partial charge in [-0.15, -0.1) is 0 Å². The lowest BCUT2D eigenvalue weighted by Gasteiger charge is -2.46. The first-order valence-corrected chi connectivity index (χ1v) is 19.8. The third kappa shape index (κ3) is 7.01. The van der Waals surface area contributed by atoms with Gasteiger partial charge in [-0.05, 0) is 57.8 Å². The van der Waals surface area contributed by atoms with Gasteiger partial charge in [-0.2, -0.15) is 0 Å². The van der Waals surface area contributed by atoms with E-state index in [2.05, 4.69) is 61.2 Å². The van der Waals surface area contributed by atoms with Crippen LogP contribution in [0.15, 0.2) is 103 Å². The van der Waals surface area contributed by atoms with Gasteiger partial charge in [0.1, 0.15) is 0 Å². The van der Waals surface area contributed by atoms with Crippen molar-refractivity contribution in [3.63, 3.8) is 0 Å². The highest BCUT2D eigenvalue weighted by Gasteiger charge is 2.56. The summed E-state index contributed by atoms with van der Waals surface area (Å²) in [6.07, 6.45) is -1.27. The van der Waals surface area contributed by atoms with Gasteiger partial charge in [0.25, 0.3) is 0 Å². The molecular weight excluding hydrogens is 569 g/mol. The quantitative estimate of drug-likeness (QED) is 0.147. The summed E-state index contributed by atoms with van der Waals surface area (Å²) in [6, 6.07) is 28.6. The number of ether oxygens (including phenoxy) is 1. The average Bonchev–Trinajstić information content (AvgIpc) is 2.95. The van der Waals surface area contributed by atoms with Crippen LogP contribution in [-0.2, 0) is 14.0 Å². The van der Waals surface area contributed by atoms with E-state index in [1.165, 1.54) is 6.92 Å². The molecule has 0 bridgehead atoms. The molecule has 0 amide bonds. The lowest BCUT2D eigenvalue weighted by molar-refractivity contribution is -0.146. The Labute approximate surface area is 260 Å². The minimum Gasteiger partial charge on any atom is -0.453 e. The van der Waals surface area contributed by atoms with Crippen molar-refractivity contribution in [3.05, 3.63) is 108 Å². The summed E-state index contributed by atoms with van der Waals surface area (Å²) in [6.45, 7) is 22.6. The maximum Gasteiger partial charge on any atom is 0.338 e. The molecular formula is C36H48O5Si2. The fraction of sp³-hybridized carbons (Fsp3) is 0.389. The summed E-state index contributed by atoms with van der Waals surface area (Å²) in [7, 11) is -5.48. The zero-order valence-electron chi connectivity index (χ0n) is 27.2. The van der Waals surface area contributed by atoms with E-state index >= 15 is 0 Å². The van der Waals surface area contributed by atoms with Crippen LogP contribution in [0.2, 0.25) is 23.2 Å².